The number of nitrogens with zero attached hydrogens (tertiary/aromatic N) is 2. The zero-order valence-corrected chi connectivity index (χ0v) is 11.8. The Morgan fingerprint density at radius 2 is 1.85 bits per heavy atom. The summed E-state index contributed by atoms with van der Waals surface area (Å²) in [6, 6.07) is 14.8. The first-order chi connectivity index (χ1) is 9.54. The first-order valence-corrected chi connectivity index (χ1v) is 6.39. The molecule has 2 rings (SSSR count). The average Bonchev–Trinajstić information content (AvgIpc) is 2.48. The summed E-state index contributed by atoms with van der Waals surface area (Å²) >= 11 is 0. The van der Waals surface area contributed by atoms with Crippen molar-refractivity contribution in [1.82, 2.24) is 0 Å². The lowest BCUT2D eigenvalue weighted by Crippen LogP contribution is -2.27. The first-order valence-electron chi connectivity index (χ1n) is 6.39. The van der Waals surface area contributed by atoms with E-state index >= 15 is 0 Å². The highest BCUT2D eigenvalue weighted by atomic mass is 16.2. The minimum atomic E-state index is -0.0683. The Balaban J connectivity index is 2.38. The van der Waals surface area contributed by atoms with Crippen LogP contribution in [0.1, 0.15) is 27.0 Å². The van der Waals surface area contributed by atoms with Crippen molar-refractivity contribution in [3.05, 3.63) is 64.7 Å². The molecular formula is C17H16N2O. The molecule has 0 saturated heterocycles. The molecule has 2 aromatic carbocycles. The molecule has 3 nitrogen and oxygen atoms in total. The van der Waals surface area contributed by atoms with Crippen molar-refractivity contribution in [3.63, 3.8) is 0 Å². The summed E-state index contributed by atoms with van der Waals surface area (Å²) in [5.74, 6) is -0.0683. The van der Waals surface area contributed by atoms with Crippen LogP contribution in [0.4, 0.5) is 5.69 Å². The fourth-order valence-electron chi connectivity index (χ4n) is 2.06. The molecule has 0 bridgehead atoms. The Morgan fingerprint density at radius 1 is 1.15 bits per heavy atom. The predicted octanol–water partition coefficient (Wildman–Crippen LogP) is 3.45. The van der Waals surface area contributed by atoms with Crippen LogP contribution in [0, 0.1) is 25.2 Å². The van der Waals surface area contributed by atoms with Crippen LogP contribution in [0.3, 0.4) is 0 Å². The van der Waals surface area contributed by atoms with E-state index in [1.807, 2.05) is 38.1 Å². The molecule has 100 valence electrons. The summed E-state index contributed by atoms with van der Waals surface area (Å²) in [4.78, 5) is 14.1. The number of hydrogen-bond donors (Lipinski definition) is 0. The number of benzene rings is 2. The highest BCUT2D eigenvalue weighted by Crippen LogP contribution is 2.20. The van der Waals surface area contributed by atoms with E-state index in [-0.39, 0.29) is 5.91 Å². The van der Waals surface area contributed by atoms with E-state index in [0.717, 1.165) is 16.8 Å². The Morgan fingerprint density at radius 3 is 2.55 bits per heavy atom. The third kappa shape index (κ3) is 2.55. The van der Waals surface area contributed by atoms with Crippen molar-refractivity contribution < 1.29 is 4.79 Å². The second kappa shape index (κ2) is 5.58. The second-order valence-electron chi connectivity index (χ2n) is 4.77. The van der Waals surface area contributed by atoms with E-state index in [1.165, 1.54) is 0 Å². The normalized spacial score (nSPS) is 9.90. The fourth-order valence-corrected chi connectivity index (χ4v) is 2.06. The van der Waals surface area contributed by atoms with Gasteiger partial charge in [-0.3, -0.25) is 4.79 Å². The fraction of sp³-hybridized carbons (Fsp3) is 0.176. The van der Waals surface area contributed by atoms with Crippen molar-refractivity contribution in [2.45, 2.75) is 13.8 Å². The molecular weight excluding hydrogens is 248 g/mol. The summed E-state index contributed by atoms with van der Waals surface area (Å²) in [7, 11) is 1.72. The van der Waals surface area contributed by atoms with Crippen LogP contribution in [0.15, 0.2) is 42.5 Å². The van der Waals surface area contributed by atoms with Crippen LogP contribution in [-0.4, -0.2) is 13.0 Å². The lowest BCUT2D eigenvalue weighted by molar-refractivity contribution is 0.0992. The largest absolute Gasteiger partial charge is 0.311 e. The third-order valence-corrected chi connectivity index (χ3v) is 3.50. The van der Waals surface area contributed by atoms with Gasteiger partial charge in [-0.15, -0.1) is 0 Å². The second-order valence-corrected chi connectivity index (χ2v) is 4.77. The Bertz CT molecular complexity index is 698. The average molecular weight is 264 g/mol. The maximum Gasteiger partial charge on any atom is 0.258 e. The molecule has 0 aliphatic heterocycles. The maximum atomic E-state index is 12.6. The van der Waals surface area contributed by atoms with E-state index in [4.69, 9.17) is 5.26 Å². The van der Waals surface area contributed by atoms with Gasteiger partial charge in [0.05, 0.1) is 11.6 Å². The zero-order valence-electron chi connectivity index (χ0n) is 11.8. The minimum absolute atomic E-state index is 0.0683. The van der Waals surface area contributed by atoms with Gasteiger partial charge in [0.1, 0.15) is 0 Å². The molecule has 1 amide bonds. The highest BCUT2D eigenvalue weighted by molar-refractivity contribution is 6.06. The van der Waals surface area contributed by atoms with Crippen molar-refractivity contribution in [3.8, 4) is 6.07 Å². The van der Waals surface area contributed by atoms with Gasteiger partial charge in [-0.25, -0.2) is 0 Å². The summed E-state index contributed by atoms with van der Waals surface area (Å²) in [6.45, 7) is 3.94. The smallest absolute Gasteiger partial charge is 0.258 e. The molecule has 0 saturated carbocycles. The van der Waals surface area contributed by atoms with Crippen LogP contribution in [0.25, 0.3) is 0 Å². The number of carbonyl (C=O) groups excluding carboxylic acids is 1. The van der Waals surface area contributed by atoms with Crippen molar-refractivity contribution in [2.24, 2.45) is 0 Å². The van der Waals surface area contributed by atoms with Gasteiger partial charge in [-0.1, -0.05) is 18.2 Å². The lowest BCUT2D eigenvalue weighted by Gasteiger charge is -2.19. The monoisotopic (exact) mass is 264 g/mol. The SMILES string of the molecule is Cc1cccc(C(=O)N(C)c2cccc(C#N)c2)c1C. The van der Waals surface area contributed by atoms with E-state index < -0.39 is 0 Å². The van der Waals surface area contributed by atoms with Crippen LogP contribution >= 0.6 is 0 Å². The van der Waals surface area contributed by atoms with Crippen LogP contribution in [0.5, 0.6) is 0 Å². The van der Waals surface area contributed by atoms with Gasteiger partial charge in [0.15, 0.2) is 0 Å². The van der Waals surface area contributed by atoms with Crippen molar-refractivity contribution in [1.29, 1.82) is 5.26 Å². The molecule has 2 aromatic rings. The Labute approximate surface area is 119 Å². The first kappa shape index (κ1) is 13.8. The number of hydrogen-bond acceptors (Lipinski definition) is 2. The molecule has 0 N–H and O–H groups in total. The van der Waals surface area contributed by atoms with Gasteiger partial charge in [0.2, 0.25) is 0 Å². The van der Waals surface area contributed by atoms with Gasteiger partial charge in [-0.2, -0.15) is 5.26 Å². The summed E-state index contributed by atoms with van der Waals surface area (Å²) in [5.41, 5.74) is 4.03. The number of amides is 1. The molecule has 0 fully saturated rings. The molecule has 0 spiro atoms. The number of aryl methyl sites for hydroxylation is 1. The summed E-state index contributed by atoms with van der Waals surface area (Å²) in [6.07, 6.45) is 0. The Hall–Kier alpha value is -2.60. The van der Waals surface area contributed by atoms with Crippen LogP contribution in [0.2, 0.25) is 0 Å². The van der Waals surface area contributed by atoms with Gasteiger partial charge in [-0.05, 0) is 49.2 Å². The topological polar surface area (TPSA) is 44.1 Å². The Kier molecular flexibility index (Phi) is 3.86. The van der Waals surface area contributed by atoms with E-state index in [9.17, 15) is 4.79 Å². The molecule has 0 radical (unpaired) electrons. The lowest BCUT2D eigenvalue weighted by atomic mass is 10.0. The third-order valence-electron chi connectivity index (χ3n) is 3.50. The van der Waals surface area contributed by atoms with Crippen LogP contribution in [-0.2, 0) is 0 Å². The zero-order chi connectivity index (χ0) is 14.7. The van der Waals surface area contributed by atoms with Gasteiger partial charge in [0.25, 0.3) is 5.91 Å². The predicted molar refractivity (Wildman–Crippen MR) is 79.8 cm³/mol. The molecule has 0 aliphatic rings. The maximum absolute atomic E-state index is 12.6. The standard InChI is InChI=1S/C17H16N2O/c1-12-6-4-9-16(13(12)2)17(20)19(3)15-8-5-7-14(10-15)11-18/h4-10H,1-3H3. The molecule has 20 heavy (non-hydrogen) atoms. The quantitative estimate of drug-likeness (QED) is 0.833. The molecule has 3 heteroatoms. The number of anilines is 1. The minimum Gasteiger partial charge on any atom is -0.311 e. The van der Waals surface area contributed by atoms with Gasteiger partial charge in [0, 0.05) is 18.3 Å². The molecule has 0 atom stereocenters. The van der Waals surface area contributed by atoms with Crippen molar-refractivity contribution >= 4 is 11.6 Å². The van der Waals surface area contributed by atoms with E-state index in [0.29, 0.717) is 11.1 Å². The molecule has 0 aliphatic carbocycles. The summed E-state index contributed by atoms with van der Waals surface area (Å²) in [5, 5.41) is 8.93. The number of nitriles is 1. The number of rotatable bonds is 2. The summed E-state index contributed by atoms with van der Waals surface area (Å²) < 4.78 is 0. The molecule has 0 heterocycles. The highest BCUT2D eigenvalue weighted by Gasteiger charge is 2.16. The molecule has 0 aromatic heterocycles. The molecule has 0 unspecified atom stereocenters. The van der Waals surface area contributed by atoms with Crippen LogP contribution < -0.4 is 4.90 Å². The van der Waals surface area contributed by atoms with E-state index in [1.54, 1.807) is 30.1 Å². The van der Waals surface area contributed by atoms with Gasteiger partial charge < -0.3 is 4.90 Å². The van der Waals surface area contributed by atoms with Crippen molar-refractivity contribution in [2.75, 3.05) is 11.9 Å². The van der Waals surface area contributed by atoms with E-state index in [2.05, 4.69) is 6.07 Å². The number of carbonyl (C=O) groups is 1. The van der Waals surface area contributed by atoms with Gasteiger partial charge >= 0.3 is 0 Å².